The van der Waals surface area contributed by atoms with E-state index in [-0.39, 0.29) is 0 Å². The Kier molecular flexibility index (Phi) is 3.55. The molecule has 0 aliphatic carbocycles. The highest BCUT2D eigenvalue weighted by Crippen LogP contribution is 2.40. The molecule has 1 nitrogen and oxygen atoms in total. The lowest BCUT2D eigenvalue weighted by atomic mass is 9.82. The van der Waals surface area contributed by atoms with Gasteiger partial charge in [0, 0.05) is 18.1 Å². The lowest BCUT2D eigenvalue weighted by Gasteiger charge is -2.43. The van der Waals surface area contributed by atoms with Gasteiger partial charge in [0.1, 0.15) is 0 Å². The summed E-state index contributed by atoms with van der Waals surface area (Å²) in [6.07, 6.45) is 2.72. The fraction of sp³-hybridized carbons (Fsp3) is 1.00. The quantitative estimate of drug-likeness (QED) is 0.635. The van der Waals surface area contributed by atoms with Gasteiger partial charge in [-0.2, -0.15) is 0 Å². The van der Waals surface area contributed by atoms with Crippen molar-refractivity contribution in [3.8, 4) is 0 Å². The number of hydrogen-bond donors (Lipinski definition) is 0. The average molecular weight is 211 g/mol. The van der Waals surface area contributed by atoms with Crippen LogP contribution in [0.25, 0.3) is 0 Å². The SMILES string of the molecule is CCC1CC(C(C)(C)C)N(C(C)(C)C)C1. The van der Waals surface area contributed by atoms with E-state index < -0.39 is 0 Å². The topological polar surface area (TPSA) is 3.24 Å². The maximum absolute atomic E-state index is 2.72. The zero-order chi connectivity index (χ0) is 11.9. The molecule has 0 N–H and O–H groups in total. The summed E-state index contributed by atoms with van der Waals surface area (Å²) in [6.45, 7) is 17.8. The number of rotatable bonds is 1. The molecule has 0 bridgehead atoms. The fourth-order valence-electron chi connectivity index (χ4n) is 2.78. The molecule has 2 atom stereocenters. The Bertz CT molecular complexity index is 184. The molecule has 2 unspecified atom stereocenters. The third kappa shape index (κ3) is 2.96. The fourth-order valence-corrected chi connectivity index (χ4v) is 2.78. The Morgan fingerprint density at radius 3 is 1.87 bits per heavy atom. The third-order valence-corrected chi connectivity index (χ3v) is 3.83. The van der Waals surface area contributed by atoms with Crippen LogP contribution in [-0.4, -0.2) is 23.0 Å². The molecule has 0 saturated carbocycles. The van der Waals surface area contributed by atoms with Gasteiger partial charge in [-0.05, 0) is 38.5 Å². The van der Waals surface area contributed by atoms with Gasteiger partial charge in [0.25, 0.3) is 0 Å². The van der Waals surface area contributed by atoms with Gasteiger partial charge in [-0.1, -0.05) is 34.1 Å². The second-order valence-corrected chi connectivity index (χ2v) is 7.21. The van der Waals surface area contributed by atoms with E-state index in [0.29, 0.717) is 11.0 Å². The summed E-state index contributed by atoms with van der Waals surface area (Å²) >= 11 is 0. The molecule has 0 amide bonds. The molecule has 0 radical (unpaired) electrons. The highest BCUT2D eigenvalue weighted by molar-refractivity contribution is 4.96. The Labute approximate surface area is 96.2 Å². The molecule has 1 aliphatic rings. The van der Waals surface area contributed by atoms with Crippen molar-refractivity contribution in [1.29, 1.82) is 0 Å². The van der Waals surface area contributed by atoms with Gasteiger partial charge in [0.05, 0.1) is 0 Å². The van der Waals surface area contributed by atoms with Crippen LogP contribution in [0, 0.1) is 11.3 Å². The van der Waals surface area contributed by atoms with Crippen LogP contribution in [0.3, 0.4) is 0 Å². The Balaban J connectivity index is 2.84. The predicted molar refractivity (Wildman–Crippen MR) is 68.1 cm³/mol. The van der Waals surface area contributed by atoms with E-state index in [4.69, 9.17) is 0 Å². The van der Waals surface area contributed by atoms with Crippen molar-refractivity contribution >= 4 is 0 Å². The van der Waals surface area contributed by atoms with E-state index in [1.165, 1.54) is 19.4 Å². The van der Waals surface area contributed by atoms with Crippen molar-refractivity contribution in [3.63, 3.8) is 0 Å². The average Bonchev–Trinajstić information content (AvgIpc) is 2.44. The van der Waals surface area contributed by atoms with Gasteiger partial charge >= 0.3 is 0 Å². The molecule has 1 saturated heterocycles. The van der Waals surface area contributed by atoms with E-state index in [1.54, 1.807) is 0 Å². The lowest BCUT2D eigenvalue weighted by Crippen LogP contribution is -2.49. The second kappa shape index (κ2) is 4.08. The highest BCUT2D eigenvalue weighted by Gasteiger charge is 2.42. The first kappa shape index (κ1) is 13.0. The first-order valence-electron chi connectivity index (χ1n) is 6.43. The molecule has 0 aromatic carbocycles. The van der Waals surface area contributed by atoms with Crippen LogP contribution in [0.1, 0.15) is 61.3 Å². The van der Waals surface area contributed by atoms with Crippen LogP contribution < -0.4 is 0 Å². The Hall–Kier alpha value is -0.0400. The molecule has 0 spiro atoms. The minimum absolute atomic E-state index is 0.321. The van der Waals surface area contributed by atoms with Crippen molar-refractivity contribution in [2.75, 3.05) is 6.54 Å². The summed E-state index contributed by atoms with van der Waals surface area (Å²) in [6, 6.07) is 0.752. The second-order valence-electron chi connectivity index (χ2n) is 7.21. The Morgan fingerprint density at radius 1 is 1.07 bits per heavy atom. The van der Waals surface area contributed by atoms with Gasteiger partial charge < -0.3 is 0 Å². The largest absolute Gasteiger partial charge is 0.295 e. The van der Waals surface area contributed by atoms with E-state index in [1.807, 2.05) is 0 Å². The molecule has 1 fully saturated rings. The van der Waals surface area contributed by atoms with Crippen molar-refractivity contribution in [3.05, 3.63) is 0 Å². The van der Waals surface area contributed by atoms with Crippen LogP contribution in [0.4, 0.5) is 0 Å². The van der Waals surface area contributed by atoms with Crippen LogP contribution >= 0.6 is 0 Å². The van der Waals surface area contributed by atoms with Crippen molar-refractivity contribution in [2.24, 2.45) is 11.3 Å². The van der Waals surface area contributed by atoms with Crippen LogP contribution in [-0.2, 0) is 0 Å². The maximum Gasteiger partial charge on any atom is 0.0152 e. The molecule has 1 heterocycles. The first-order chi connectivity index (χ1) is 6.66. The zero-order valence-electron chi connectivity index (χ0n) is 11.7. The summed E-state index contributed by atoms with van der Waals surface area (Å²) in [5.74, 6) is 0.911. The molecule has 90 valence electrons. The number of nitrogens with zero attached hydrogens (tertiary/aromatic N) is 1. The summed E-state index contributed by atoms with van der Waals surface area (Å²) in [4.78, 5) is 2.72. The molecule has 0 aromatic heterocycles. The molecule has 1 rings (SSSR count). The van der Waals surface area contributed by atoms with Gasteiger partial charge in [0.2, 0.25) is 0 Å². The maximum atomic E-state index is 2.72. The zero-order valence-corrected chi connectivity index (χ0v) is 11.7. The molecule has 0 aromatic rings. The van der Waals surface area contributed by atoms with Crippen molar-refractivity contribution in [2.45, 2.75) is 72.9 Å². The van der Waals surface area contributed by atoms with Crippen LogP contribution in [0.15, 0.2) is 0 Å². The van der Waals surface area contributed by atoms with E-state index >= 15 is 0 Å². The van der Waals surface area contributed by atoms with Gasteiger partial charge in [-0.3, -0.25) is 4.90 Å². The van der Waals surface area contributed by atoms with Gasteiger partial charge in [0.15, 0.2) is 0 Å². The van der Waals surface area contributed by atoms with Gasteiger partial charge in [-0.25, -0.2) is 0 Å². The van der Waals surface area contributed by atoms with Crippen LogP contribution in [0.2, 0.25) is 0 Å². The summed E-state index contributed by atoms with van der Waals surface area (Å²) in [7, 11) is 0. The van der Waals surface area contributed by atoms with Crippen molar-refractivity contribution < 1.29 is 0 Å². The standard InChI is InChI=1S/C14H29N/c1-8-11-9-12(13(2,3)4)15(10-11)14(5,6)7/h11-12H,8-10H2,1-7H3. The van der Waals surface area contributed by atoms with E-state index in [9.17, 15) is 0 Å². The van der Waals surface area contributed by atoms with Gasteiger partial charge in [-0.15, -0.1) is 0 Å². The molecular weight excluding hydrogens is 182 g/mol. The number of likely N-dealkylation sites (tertiary alicyclic amines) is 1. The highest BCUT2D eigenvalue weighted by atomic mass is 15.2. The molecule has 15 heavy (non-hydrogen) atoms. The molecular formula is C14H29N. The van der Waals surface area contributed by atoms with Crippen molar-refractivity contribution in [1.82, 2.24) is 4.90 Å². The summed E-state index contributed by atoms with van der Waals surface area (Å²) < 4.78 is 0. The van der Waals surface area contributed by atoms with Crippen LogP contribution in [0.5, 0.6) is 0 Å². The molecule has 1 heteroatoms. The number of hydrogen-bond acceptors (Lipinski definition) is 1. The molecule has 1 aliphatic heterocycles. The minimum Gasteiger partial charge on any atom is -0.295 e. The summed E-state index contributed by atoms with van der Waals surface area (Å²) in [5.41, 5.74) is 0.735. The first-order valence-corrected chi connectivity index (χ1v) is 6.43. The lowest BCUT2D eigenvalue weighted by molar-refractivity contribution is 0.0574. The van der Waals surface area contributed by atoms with E-state index in [0.717, 1.165) is 12.0 Å². The Morgan fingerprint density at radius 2 is 1.60 bits per heavy atom. The normalized spacial score (nSPS) is 29.8. The third-order valence-electron chi connectivity index (χ3n) is 3.83. The summed E-state index contributed by atoms with van der Waals surface area (Å²) in [5, 5.41) is 0. The van der Waals surface area contributed by atoms with E-state index in [2.05, 4.69) is 53.4 Å². The minimum atomic E-state index is 0.321. The smallest absolute Gasteiger partial charge is 0.0152 e. The predicted octanol–water partition coefficient (Wildman–Crippen LogP) is 3.93. The monoisotopic (exact) mass is 211 g/mol.